The van der Waals surface area contributed by atoms with Gasteiger partial charge in [0.05, 0.1) is 11.6 Å². The zero-order valence-electron chi connectivity index (χ0n) is 13.1. The Bertz CT molecular complexity index is 637. The molecule has 4 heteroatoms. The van der Waals surface area contributed by atoms with Crippen LogP contribution in [0.15, 0.2) is 54.6 Å². The number of nitrogens with one attached hydrogen (secondary N) is 2. The highest BCUT2D eigenvalue weighted by Crippen LogP contribution is 2.26. The first-order valence-corrected chi connectivity index (χ1v) is 8.10. The van der Waals surface area contributed by atoms with Crippen molar-refractivity contribution in [3.63, 3.8) is 0 Å². The molecule has 1 aliphatic rings. The fourth-order valence-electron chi connectivity index (χ4n) is 2.74. The molecule has 0 saturated carbocycles. The van der Waals surface area contributed by atoms with Gasteiger partial charge in [-0.05, 0) is 37.1 Å². The van der Waals surface area contributed by atoms with Gasteiger partial charge in [0, 0.05) is 6.54 Å². The summed E-state index contributed by atoms with van der Waals surface area (Å²) in [7, 11) is 0. The number of para-hydroxylation sites is 2. The van der Waals surface area contributed by atoms with Crippen molar-refractivity contribution in [2.45, 2.75) is 19.4 Å². The van der Waals surface area contributed by atoms with E-state index in [-0.39, 0.29) is 11.8 Å². The summed E-state index contributed by atoms with van der Waals surface area (Å²) in [5.74, 6) is 0.798. The first kappa shape index (κ1) is 15.6. The van der Waals surface area contributed by atoms with Crippen LogP contribution in [-0.4, -0.2) is 19.0 Å². The standard InChI is InChI=1S/C19H22N2O2/c22-19(16-9-6-12-20-13-16)21-17-10-4-5-11-18(17)23-14-15-7-2-1-3-8-15/h1-5,7-8,10-11,16,20H,6,9,12-14H2,(H,21,22). The lowest BCUT2D eigenvalue weighted by Crippen LogP contribution is -2.37. The molecule has 120 valence electrons. The molecular weight excluding hydrogens is 288 g/mol. The van der Waals surface area contributed by atoms with Crippen LogP contribution in [0.2, 0.25) is 0 Å². The van der Waals surface area contributed by atoms with Crippen LogP contribution in [0.4, 0.5) is 5.69 Å². The largest absolute Gasteiger partial charge is 0.487 e. The second-order valence-corrected chi connectivity index (χ2v) is 5.80. The molecule has 0 radical (unpaired) electrons. The van der Waals surface area contributed by atoms with Gasteiger partial charge in [0.2, 0.25) is 5.91 Å². The molecule has 3 rings (SSSR count). The number of carbonyl (C=O) groups is 1. The summed E-state index contributed by atoms with van der Waals surface area (Å²) >= 11 is 0. The van der Waals surface area contributed by atoms with Crippen molar-refractivity contribution in [3.8, 4) is 5.75 Å². The Kier molecular flexibility index (Phi) is 5.27. The lowest BCUT2D eigenvalue weighted by molar-refractivity contribution is -0.120. The maximum absolute atomic E-state index is 12.4. The van der Waals surface area contributed by atoms with Crippen LogP contribution in [0.5, 0.6) is 5.75 Å². The number of ether oxygens (including phenoxy) is 1. The number of hydrogen-bond acceptors (Lipinski definition) is 3. The van der Waals surface area contributed by atoms with Crippen LogP contribution in [-0.2, 0) is 11.4 Å². The van der Waals surface area contributed by atoms with Crippen molar-refractivity contribution in [2.24, 2.45) is 5.92 Å². The number of rotatable bonds is 5. The summed E-state index contributed by atoms with van der Waals surface area (Å²) in [5.41, 5.74) is 1.84. The summed E-state index contributed by atoms with van der Waals surface area (Å²) in [4.78, 5) is 12.4. The normalized spacial score (nSPS) is 17.5. The quantitative estimate of drug-likeness (QED) is 0.891. The molecule has 1 atom stereocenters. The highest BCUT2D eigenvalue weighted by Gasteiger charge is 2.21. The van der Waals surface area contributed by atoms with Crippen molar-refractivity contribution in [2.75, 3.05) is 18.4 Å². The number of piperidine rings is 1. The molecule has 0 aliphatic carbocycles. The van der Waals surface area contributed by atoms with E-state index in [1.165, 1.54) is 0 Å². The first-order valence-electron chi connectivity index (χ1n) is 8.10. The van der Waals surface area contributed by atoms with Gasteiger partial charge < -0.3 is 15.4 Å². The summed E-state index contributed by atoms with van der Waals surface area (Å²) in [6, 6.07) is 17.6. The Morgan fingerprint density at radius 3 is 2.70 bits per heavy atom. The Morgan fingerprint density at radius 1 is 1.13 bits per heavy atom. The van der Waals surface area contributed by atoms with Crippen LogP contribution in [0.1, 0.15) is 18.4 Å². The lowest BCUT2D eigenvalue weighted by Gasteiger charge is -2.22. The molecule has 1 fully saturated rings. The van der Waals surface area contributed by atoms with Gasteiger partial charge in [-0.1, -0.05) is 42.5 Å². The third-order valence-electron chi connectivity index (χ3n) is 4.05. The molecule has 23 heavy (non-hydrogen) atoms. The molecule has 0 aromatic heterocycles. The van der Waals surface area contributed by atoms with Crippen molar-refractivity contribution < 1.29 is 9.53 Å². The van der Waals surface area contributed by atoms with E-state index in [1.54, 1.807) is 0 Å². The predicted molar refractivity (Wildman–Crippen MR) is 91.4 cm³/mol. The van der Waals surface area contributed by atoms with Crippen molar-refractivity contribution in [1.82, 2.24) is 5.32 Å². The summed E-state index contributed by atoms with van der Waals surface area (Å²) in [5, 5.41) is 6.28. The smallest absolute Gasteiger partial charge is 0.228 e. The average molecular weight is 310 g/mol. The van der Waals surface area contributed by atoms with Gasteiger partial charge in [0.25, 0.3) is 0 Å². The van der Waals surface area contributed by atoms with E-state index in [0.717, 1.165) is 37.2 Å². The van der Waals surface area contributed by atoms with Gasteiger partial charge >= 0.3 is 0 Å². The maximum atomic E-state index is 12.4. The Balaban J connectivity index is 1.64. The van der Waals surface area contributed by atoms with Crippen LogP contribution < -0.4 is 15.4 Å². The molecule has 2 aromatic carbocycles. The van der Waals surface area contributed by atoms with Crippen molar-refractivity contribution >= 4 is 11.6 Å². The molecule has 2 aromatic rings. The molecule has 0 spiro atoms. The minimum atomic E-state index is 0.0333. The molecule has 1 saturated heterocycles. The van der Waals surface area contributed by atoms with E-state index < -0.39 is 0 Å². The van der Waals surface area contributed by atoms with Gasteiger partial charge in [-0.15, -0.1) is 0 Å². The monoisotopic (exact) mass is 310 g/mol. The second-order valence-electron chi connectivity index (χ2n) is 5.80. The molecule has 4 nitrogen and oxygen atoms in total. The van der Waals surface area contributed by atoms with Gasteiger partial charge in [0.15, 0.2) is 0 Å². The number of amides is 1. The Morgan fingerprint density at radius 2 is 1.91 bits per heavy atom. The second kappa shape index (κ2) is 7.79. The highest BCUT2D eigenvalue weighted by molar-refractivity contribution is 5.94. The van der Waals surface area contributed by atoms with Crippen LogP contribution in [0, 0.1) is 5.92 Å². The molecule has 0 bridgehead atoms. The molecule has 1 aliphatic heterocycles. The molecule has 1 heterocycles. The zero-order chi connectivity index (χ0) is 15.9. The molecule has 2 N–H and O–H groups in total. The number of carbonyl (C=O) groups excluding carboxylic acids is 1. The van der Waals surface area contributed by atoms with Gasteiger partial charge in [-0.25, -0.2) is 0 Å². The average Bonchev–Trinajstić information content (AvgIpc) is 2.62. The summed E-state index contributed by atoms with van der Waals surface area (Å²) in [6.07, 6.45) is 1.98. The first-order chi connectivity index (χ1) is 11.3. The summed E-state index contributed by atoms with van der Waals surface area (Å²) in [6.45, 7) is 2.23. The zero-order valence-corrected chi connectivity index (χ0v) is 13.1. The van der Waals surface area contributed by atoms with E-state index in [0.29, 0.717) is 12.4 Å². The van der Waals surface area contributed by atoms with Gasteiger partial charge in [-0.2, -0.15) is 0 Å². The van der Waals surface area contributed by atoms with E-state index >= 15 is 0 Å². The van der Waals surface area contributed by atoms with Gasteiger partial charge in [-0.3, -0.25) is 4.79 Å². The maximum Gasteiger partial charge on any atom is 0.228 e. The van der Waals surface area contributed by atoms with Crippen molar-refractivity contribution in [3.05, 3.63) is 60.2 Å². The highest BCUT2D eigenvalue weighted by atomic mass is 16.5. The number of hydrogen-bond donors (Lipinski definition) is 2. The lowest BCUT2D eigenvalue weighted by atomic mass is 9.99. The van der Waals surface area contributed by atoms with Crippen molar-refractivity contribution in [1.29, 1.82) is 0 Å². The number of anilines is 1. The number of benzene rings is 2. The fourth-order valence-corrected chi connectivity index (χ4v) is 2.74. The third-order valence-corrected chi connectivity index (χ3v) is 4.05. The topological polar surface area (TPSA) is 50.4 Å². The molecule has 1 amide bonds. The van der Waals surface area contributed by atoms with Crippen LogP contribution in [0.25, 0.3) is 0 Å². The Labute approximate surface area is 136 Å². The predicted octanol–water partition coefficient (Wildman–Crippen LogP) is 3.20. The van der Waals surface area contributed by atoms with Crippen LogP contribution in [0.3, 0.4) is 0 Å². The fraction of sp³-hybridized carbons (Fsp3) is 0.316. The Hall–Kier alpha value is -2.33. The van der Waals surface area contributed by atoms with Crippen LogP contribution >= 0.6 is 0 Å². The minimum absolute atomic E-state index is 0.0333. The molecular formula is C19H22N2O2. The van der Waals surface area contributed by atoms with E-state index in [2.05, 4.69) is 10.6 Å². The van der Waals surface area contributed by atoms with Gasteiger partial charge in [0.1, 0.15) is 12.4 Å². The van der Waals surface area contributed by atoms with E-state index in [1.807, 2.05) is 54.6 Å². The third kappa shape index (κ3) is 4.33. The SMILES string of the molecule is O=C(Nc1ccccc1OCc1ccccc1)C1CCCNC1. The minimum Gasteiger partial charge on any atom is -0.487 e. The molecule has 1 unspecified atom stereocenters. The van der Waals surface area contributed by atoms with E-state index in [9.17, 15) is 4.79 Å². The van der Waals surface area contributed by atoms with E-state index in [4.69, 9.17) is 4.74 Å². The summed E-state index contributed by atoms with van der Waals surface area (Å²) < 4.78 is 5.88.